The predicted octanol–water partition coefficient (Wildman–Crippen LogP) is 3.70. The Morgan fingerprint density at radius 3 is 1.22 bits per heavy atom. The molecular weight excluding hydrogens is 224 g/mol. The van der Waals surface area contributed by atoms with Gasteiger partial charge in [0, 0.05) is 0 Å². The Balaban J connectivity index is 0.000000771. The van der Waals surface area contributed by atoms with E-state index in [2.05, 4.69) is 79.9 Å². The maximum absolute atomic E-state index is 7.50. The molecule has 2 aromatic rings. The molecule has 92 valence electrons. The van der Waals surface area contributed by atoms with Crippen LogP contribution in [0, 0.1) is 20.5 Å². The van der Waals surface area contributed by atoms with E-state index in [4.69, 9.17) is 4.65 Å². The van der Waals surface area contributed by atoms with E-state index in [1.54, 1.807) is 0 Å². The molecule has 0 aliphatic carbocycles. The summed E-state index contributed by atoms with van der Waals surface area (Å²) < 4.78 is 7.50. The van der Waals surface area contributed by atoms with Gasteiger partial charge in [0.2, 0.25) is 0 Å². The van der Waals surface area contributed by atoms with E-state index in [9.17, 15) is 0 Å². The zero-order valence-electron chi connectivity index (χ0n) is 10.5. The van der Waals surface area contributed by atoms with Crippen molar-refractivity contribution in [2.24, 2.45) is 0 Å². The molecule has 0 amide bonds. The third-order valence-electron chi connectivity index (χ3n) is 2.45. The summed E-state index contributed by atoms with van der Waals surface area (Å²) in [5, 5.41) is 0. The minimum absolute atomic E-state index is 1.06. The summed E-state index contributed by atoms with van der Waals surface area (Å²) >= 11 is 0. The summed E-state index contributed by atoms with van der Waals surface area (Å²) in [6.45, 7) is 8.66. The first-order valence-corrected chi connectivity index (χ1v) is 5.60. The fourth-order valence-electron chi connectivity index (χ4n) is 1.42. The Morgan fingerprint density at radius 2 is 0.944 bits per heavy atom. The number of rotatable bonds is 3. The third kappa shape index (κ3) is 4.34. The van der Waals surface area contributed by atoms with Gasteiger partial charge < -0.3 is 10.9 Å². The summed E-state index contributed by atoms with van der Waals surface area (Å²) in [6, 6.07) is 16.5. The van der Waals surface area contributed by atoms with Crippen LogP contribution in [0.15, 0.2) is 48.5 Å². The van der Waals surface area contributed by atoms with E-state index < -0.39 is 0 Å². The van der Waals surface area contributed by atoms with Crippen LogP contribution in [0.25, 0.3) is 0 Å². The molecule has 0 aliphatic heterocycles. The van der Waals surface area contributed by atoms with Crippen molar-refractivity contribution in [2.75, 3.05) is 10.9 Å². The van der Waals surface area contributed by atoms with Gasteiger partial charge in [-0.15, -0.1) is 0 Å². The summed E-state index contributed by atoms with van der Waals surface area (Å²) in [7, 11) is 0. The molecule has 2 N–H and O–H groups in total. The normalized spacial score (nSPS) is 8.89. The fraction of sp³-hybridized carbons (Fsp3) is 0.133. The second-order valence-corrected chi connectivity index (χ2v) is 3.98. The van der Waals surface area contributed by atoms with Gasteiger partial charge in [-0.05, 0) is 38.1 Å². The first kappa shape index (κ1) is 13.8. The Bertz CT molecular complexity index is 441. The molecule has 0 radical (unpaired) electrons. The Labute approximate surface area is 108 Å². The van der Waals surface area contributed by atoms with Crippen molar-refractivity contribution in [3.8, 4) is 0 Å². The Hall–Kier alpha value is -2.22. The number of anilines is 2. The fourth-order valence-corrected chi connectivity index (χ4v) is 1.42. The van der Waals surface area contributed by atoms with E-state index in [-0.39, 0.29) is 0 Å². The topological polar surface area (TPSA) is 44.0 Å². The molecule has 0 saturated heterocycles. The van der Waals surface area contributed by atoms with Crippen molar-refractivity contribution < 1.29 is 4.65 Å². The average molecular weight is 240 g/mol. The van der Waals surface area contributed by atoms with E-state index >= 15 is 0 Å². The van der Waals surface area contributed by atoms with E-state index in [0.29, 0.717) is 0 Å². The molecule has 3 heteroatoms. The van der Waals surface area contributed by atoms with Crippen LogP contribution < -0.4 is 10.9 Å². The van der Waals surface area contributed by atoms with Crippen molar-refractivity contribution in [3.63, 3.8) is 0 Å². The molecule has 0 bridgehead atoms. The van der Waals surface area contributed by atoms with Gasteiger partial charge in [0.05, 0.1) is 11.4 Å². The predicted molar refractivity (Wildman–Crippen MR) is 73.5 cm³/mol. The monoisotopic (exact) mass is 240 g/mol. The van der Waals surface area contributed by atoms with Crippen molar-refractivity contribution in [3.05, 3.63) is 66.3 Å². The summed E-state index contributed by atoms with van der Waals surface area (Å²) in [5.74, 6) is 0. The third-order valence-corrected chi connectivity index (χ3v) is 2.45. The van der Waals surface area contributed by atoms with Crippen molar-refractivity contribution in [2.45, 2.75) is 13.8 Å². The molecule has 0 fully saturated rings. The number of hydrogen-bond donors (Lipinski definition) is 2. The molecule has 2 aromatic carbocycles. The summed E-state index contributed by atoms with van der Waals surface area (Å²) in [6.07, 6.45) is 0. The molecule has 18 heavy (non-hydrogen) atoms. The molecule has 0 spiro atoms. The van der Waals surface area contributed by atoms with Crippen molar-refractivity contribution in [1.82, 2.24) is 0 Å². The van der Waals surface area contributed by atoms with Gasteiger partial charge >= 0.3 is 11.3 Å². The minimum atomic E-state index is 1.06. The molecule has 0 atom stereocenters. The summed E-state index contributed by atoms with van der Waals surface area (Å²) in [4.78, 5) is 0. The molecular formula is C15H16N2O. The second-order valence-electron chi connectivity index (χ2n) is 3.98. The zero-order valence-corrected chi connectivity index (χ0v) is 10.5. The van der Waals surface area contributed by atoms with Crippen LogP contribution in [0.5, 0.6) is 0 Å². The second kappa shape index (κ2) is 7.17. The maximum atomic E-state index is 7.50. The van der Waals surface area contributed by atoms with Gasteiger partial charge in [-0.1, -0.05) is 35.4 Å². The number of hydrogen-bond acceptors (Lipinski definition) is 2. The van der Waals surface area contributed by atoms with Gasteiger partial charge in [0.15, 0.2) is 0 Å². The van der Waals surface area contributed by atoms with Crippen LogP contribution in [-0.4, -0.2) is 0 Å². The quantitative estimate of drug-likeness (QED) is 0.488. The number of benzene rings is 2. The van der Waals surface area contributed by atoms with Gasteiger partial charge in [-0.2, -0.15) is 0 Å². The van der Waals surface area contributed by atoms with Crippen LogP contribution in [0.2, 0.25) is 0 Å². The molecule has 3 nitrogen and oxygen atoms in total. The van der Waals surface area contributed by atoms with Crippen LogP contribution >= 0.6 is 0 Å². The SMILES string of the molecule is Cc1ccc(NNc2ccc(C)cc2)cc1.[C-]#[O+]. The molecule has 2 rings (SSSR count). The molecule has 0 unspecified atom stereocenters. The van der Waals surface area contributed by atoms with Crippen LogP contribution in [0.1, 0.15) is 11.1 Å². The first-order chi connectivity index (χ1) is 8.74. The van der Waals surface area contributed by atoms with E-state index in [1.807, 2.05) is 0 Å². The molecule has 0 aromatic heterocycles. The van der Waals surface area contributed by atoms with Crippen LogP contribution in [-0.2, 0) is 4.65 Å². The Morgan fingerprint density at radius 1 is 0.667 bits per heavy atom. The standard InChI is InChI=1S/C14H16N2.CO/c1-11-3-7-13(8-4-11)15-16-14-9-5-12(2)6-10-14;1-2/h3-10,15-16H,1-2H3;. The zero-order chi connectivity index (χ0) is 13.4. The molecule has 0 heterocycles. The van der Waals surface area contributed by atoms with Crippen molar-refractivity contribution >= 4 is 11.4 Å². The summed E-state index contributed by atoms with van der Waals surface area (Å²) in [5.41, 5.74) is 11.0. The Kier molecular flexibility index (Phi) is 5.52. The van der Waals surface area contributed by atoms with Gasteiger partial charge in [-0.25, -0.2) is 0 Å². The number of nitrogens with one attached hydrogen (secondary N) is 2. The van der Waals surface area contributed by atoms with Gasteiger partial charge in [-0.3, -0.25) is 0 Å². The molecule has 0 aliphatic rings. The average Bonchev–Trinajstić information content (AvgIpc) is 2.42. The van der Waals surface area contributed by atoms with Crippen molar-refractivity contribution in [1.29, 1.82) is 0 Å². The van der Waals surface area contributed by atoms with E-state index in [1.165, 1.54) is 11.1 Å². The van der Waals surface area contributed by atoms with Crippen LogP contribution in [0.3, 0.4) is 0 Å². The van der Waals surface area contributed by atoms with E-state index in [0.717, 1.165) is 11.4 Å². The van der Waals surface area contributed by atoms with Crippen LogP contribution in [0.4, 0.5) is 11.4 Å². The van der Waals surface area contributed by atoms with Gasteiger partial charge in [0.1, 0.15) is 0 Å². The molecule has 0 saturated carbocycles. The first-order valence-electron chi connectivity index (χ1n) is 5.60. The van der Waals surface area contributed by atoms with Gasteiger partial charge in [0.25, 0.3) is 0 Å². The number of aryl methyl sites for hydroxylation is 2. The number of hydrazine groups is 1.